The van der Waals surface area contributed by atoms with Crippen LogP contribution in [0.4, 0.5) is 4.39 Å². The van der Waals surface area contributed by atoms with Crippen molar-refractivity contribution in [1.29, 1.82) is 0 Å². The fraction of sp³-hybridized carbons (Fsp3) is 0.231. The van der Waals surface area contributed by atoms with Crippen molar-refractivity contribution in [2.75, 3.05) is 0 Å². The number of rotatable bonds is 2. The Labute approximate surface area is 93.9 Å². The maximum atomic E-state index is 13.7. The third kappa shape index (κ3) is 1.99. The van der Waals surface area contributed by atoms with E-state index in [1.54, 1.807) is 12.1 Å². The molecule has 0 saturated carbocycles. The van der Waals surface area contributed by atoms with Crippen molar-refractivity contribution in [2.45, 2.75) is 19.9 Å². The van der Waals surface area contributed by atoms with Crippen LogP contribution in [0.5, 0.6) is 0 Å². The van der Waals surface area contributed by atoms with Gasteiger partial charge in [-0.15, -0.1) is 0 Å². The van der Waals surface area contributed by atoms with Gasteiger partial charge in [-0.25, -0.2) is 4.39 Å². The van der Waals surface area contributed by atoms with Crippen LogP contribution in [-0.2, 0) is 0 Å². The predicted octanol–water partition coefficient (Wildman–Crippen LogP) is 3.08. The van der Waals surface area contributed by atoms with Gasteiger partial charge in [0, 0.05) is 5.56 Å². The average molecular weight is 219 g/mol. The monoisotopic (exact) mass is 219 g/mol. The summed E-state index contributed by atoms with van der Waals surface area (Å²) >= 11 is 0. The molecule has 0 spiro atoms. The van der Waals surface area contributed by atoms with E-state index in [2.05, 4.69) is 0 Å². The highest BCUT2D eigenvalue weighted by molar-refractivity contribution is 5.30. The zero-order valence-corrected chi connectivity index (χ0v) is 9.33. The van der Waals surface area contributed by atoms with Crippen LogP contribution in [0.2, 0.25) is 0 Å². The molecule has 1 atom stereocenters. The first-order valence-electron chi connectivity index (χ1n) is 5.16. The van der Waals surface area contributed by atoms with E-state index in [1.807, 2.05) is 26.0 Å². The number of hydrogen-bond acceptors (Lipinski definition) is 2. The summed E-state index contributed by atoms with van der Waals surface area (Å²) in [6.07, 6.45) is 0. The molecule has 0 aliphatic carbocycles. The number of benzene rings is 1. The van der Waals surface area contributed by atoms with E-state index in [9.17, 15) is 4.39 Å². The molecule has 84 valence electrons. The van der Waals surface area contributed by atoms with E-state index in [4.69, 9.17) is 10.2 Å². The Balaban J connectivity index is 2.37. The smallest absolute Gasteiger partial charge is 0.128 e. The molecule has 2 nitrogen and oxygen atoms in total. The first-order valence-corrected chi connectivity index (χ1v) is 5.16. The lowest BCUT2D eigenvalue weighted by Crippen LogP contribution is -2.12. The van der Waals surface area contributed by atoms with Crippen LogP contribution >= 0.6 is 0 Å². The van der Waals surface area contributed by atoms with E-state index >= 15 is 0 Å². The van der Waals surface area contributed by atoms with Crippen molar-refractivity contribution in [1.82, 2.24) is 0 Å². The molecule has 0 fully saturated rings. The Morgan fingerprint density at radius 2 is 1.94 bits per heavy atom. The average Bonchev–Trinajstić information content (AvgIpc) is 2.64. The van der Waals surface area contributed by atoms with Gasteiger partial charge in [-0.05, 0) is 37.6 Å². The van der Waals surface area contributed by atoms with Crippen LogP contribution in [0, 0.1) is 19.7 Å². The maximum absolute atomic E-state index is 13.7. The van der Waals surface area contributed by atoms with E-state index in [0.29, 0.717) is 11.3 Å². The molecule has 0 saturated heterocycles. The van der Waals surface area contributed by atoms with Gasteiger partial charge in [0.05, 0.1) is 6.04 Å². The van der Waals surface area contributed by atoms with Gasteiger partial charge < -0.3 is 10.2 Å². The summed E-state index contributed by atoms with van der Waals surface area (Å²) in [4.78, 5) is 0. The highest BCUT2D eigenvalue weighted by Gasteiger charge is 2.16. The molecule has 1 unspecified atom stereocenters. The molecule has 1 heterocycles. The van der Waals surface area contributed by atoms with Crippen LogP contribution in [0.15, 0.2) is 34.7 Å². The topological polar surface area (TPSA) is 39.2 Å². The quantitative estimate of drug-likeness (QED) is 0.843. The van der Waals surface area contributed by atoms with E-state index in [-0.39, 0.29) is 5.82 Å². The first-order chi connectivity index (χ1) is 7.58. The van der Waals surface area contributed by atoms with Crippen LogP contribution in [0.3, 0.4) is 0 Å². The summed E-state index contributed by atoms with van der Waals surface area (Å²) in [7, 11) is 0. The van der Waals surface area contributed by atoms with Crippen LogP contribution in [-0.4, -0.2) is 0 Å². The fourth-order valence-corrected chi connectivity index (χ4v) is 1.66. The molecular weight excluding hydrogens is 205 g/mol. The molecule has 2 aromatic rings. The lowest BCUT2D eigenvalue weighted by atomic mass is 10.0. The lowest BCUT2D eigenvalue weighted by molar-refractivity contribution is 0.459. The van der Waals surface area contributed by atoms with Crippen molar-refractivity contribution in [3.05, 3.63) is 58.8 Å². The second-order valence-corrected chi connectivity index (χ2v) is 3.95. The Morgan fingerprint density at radius 3 is 2.50 bits per heavy atom. The van der Waals surface area contributed by atoms with E-state index in [0.717, 1.165) is 11.3 Å². The van der Waals surface area contributed by atoms with Gasteiger partial charge in [0.2, 0.25) is 0 Å². The first kappa shape index (κ1) is 10.9. The molecule has 0 aliphatic rings. The van der Waals surface area contributed by atoms with Gasteiger partial charge in [0.15, 0.2) is 0 Å². The Bertz CT molecular complexity index is 504. The maximum Gasteiger partial charge on any atom is 0.128 e. The lowest BCUT2D eigenvalue weighted by Gasteiger charge is -2.10. The van der Waals surface area contributed by atoms with Crippen molar-refractivity contribution >= 4 is 0 Å². The molecule has 1 aromatic carbocycles. The second-order valence-electron chi connectivity index (χ2n) is 3.95. The minimum Gasteiger partial charge on any atom is -0.464 e. The van der Waals surface area contributed by atoms with Gasteiger partial charge in [0.25, 0.3) is 0 Å². The summed E-state index contributed by atoms with van der Waals surface area (Å²) in [5.41, 5.74) is 7.28. The predicted molar refractivity (Wildman–Crippen MR) is 60.6 cm³/mol. The molecule has 16 heavy (non-hydrogen) atoms. The molecule has 3 heteroatoms. The molecule has 0 radical (unpaired) electrons. The van der Waals surface area contributed by atoms with Gasteiger partial charge >= 0.3 is 0 Å². The molecule has 0 bridgehead atoms. The molecular formula is C13H14FNO. The number of nitrogens with two attached hydrogens (primary N) is 1. The molecule has 2 N–H and O–H groups in total. The van der Waals surface area contributed by atoms with E-state index < -0.39 is 6.04 Å². The van der Waals surface area contributed by atoms with Crippen molar-refractivity contribution in [3.63, 3.8) is 0 Å². The van der Waals surface area contributed by atoms with Gasteiger partial charge in [-0.1, -0.05) is 12.1 Å². The van der Waals surface area contributed by atoms with Gasteiger partial charge in [0.1, 0.15) is 17.3 Å². The fourth-order valence-electron chi connectivity index (χ4n) is 1.66. The molecule has 0 aliphatic heterocycles. The van der Waals surface area contributed by atoms with Crippen LogP contribution in [0.1, 0.15) is 28.7 Å². The summed E-state index contributed by atoms with van der Waals surface area (Å²) in [5, 5.41) is 0. The molecule has 1 aromatic heterocycles. The van der Waals surface area contributed by atoms with E-state index in [1.165, 1.54) is 6.07 Å². The van der Waals surface area contributed by atoms with Crippen LogP contribution in [0.25, 0.3) is 0 Å². The molecule has 0 amide bonds. The minimum atomic E-state index is -0.547. The third-order valence-electron chi connectivity index (χ3n) is 2.56. The van der Waals surface area contributed by atoms with Crippen molar-refractivity contribution < 1.29 is 8.81 Å². The Morgan fingerprint density at radius 1 is 1.19 bits per heavy atom. The zero-order chi connectivity index (χ0) is 11.7. The normalized spacial score (nSPS) is 12.8. The number of hydrogen-bond donors (Lipinski definition) is 1. The number of furan rings is 1. The highest BCUT2D eigenvalue weighted by Crippen LogP contribution is 2.24. The van der Waals surface area contributed by atoms with Gasteiger partial charge in [-0.3, -0.25) is 0 Å². The SMILES string of the molecule is Cc1ccc(C(N)c2ccc(C)o2)c(F)c1. The van der Waals surface area contributed by atoms with Crippen molar-refractivity contribution in [2.24, 2.45) is 5.73 Å². The third-order valence-corrected chi connectivity index (χ3v) is 2.56. The second kappa shape index (κ2) is 4.10. The number of halogens is 1. The van der Waals surface area contributed by atoms with Gasteiger partial charge in [-0.2, -0.15) is 0 Å². The summed E-state index contributed by atoms with van der Waals surface area (Å²) < 4.78 is 19.1. The minimum absolute atomic E-state index is 0.290. The summed E-state index contributed by atoms with van der Waals surface area (Å²) in [6, 6.07) is 8.07. The standard InChI is InChI=1S/C13H14FNO/c1-8-3-5-10(11(14)7-8)13(15)12-6-4-9(2)16-12/h3-7,13H,15H2,1-2H3. The molecule has 2 rings (SSSR count). The van der Waals surface area contributed by atoms with Crippen molar-refractivity contribution in [3.8, 4) is 0 Å². The Hall–Kier alpha value is -1.61. The summed E-state index contributed by atoms with van der Waals surface area (Å²) in [5.74, 6) is 1.07. The largest absolute Gasteiger partial charge is 0.464 e. The zero-order valence-electron chi connectivity index (χ0n) is 9.33. The van der Waals surface area contributed by atoms with Crippen LogP contribution < -0.4 is 5.73 Å². The highest BCUT2D eigenvalue weighted by atomic mass is 19.1. The summed E-state index contributed by atoms with van der Waals surface area (Å²) in [6.45, 7) is 3.68. The Kier molecular flexibility index (Phi) is 2.79. The number of aryl methyl sites for hydroxylation is 2.